The number of anilines is 1. The highest BCUT2D eigenvalue weighted by atomic mass is 19.4. The Hall–Kier alpha value is -3.11. The molecule has 2 aromatic rings. The molecule has 1 aromatic heterocycles. The maximum atomic E-state index is 12.9. The van der Waals surface area contributed by atoms with Gasteiger partial charge in [0.2, 0.25) is 5.91 Å². The van der Waals surface area contributed by atoms with E-state index in [1.54, 1.807) is 43.3 Å². The number of aromatic nitrogens is 1. The molecule has 2 unspecified atom stereocenters. The summed E-state index contributed by atoms with van der Waals surface area (Å²) >= 11 is 0. The second-order valence-corrected chi connectivity index (χ2v) is 8.92. The van der Waals surface area contributed by atoms with Crippen LogP contribution in [0.2, 0.25) is 0 Å². The Balaban J connectivity index is 1.24. The highest BCUT2D eigenvalue weighted by Gasteiger charge is 2.57. The molecule has 1 saturated carbocycles. The smallest absolute Gasteiger partial charge is 0.405 e. The Morgan fingerprint density at radius 3 is 2.49 bits per heavy atom. The van der Waals surface area contributed by atoms with Gasteiger partial charge < -0.3 is 19.7 Å². The number of pyridine rings is 1. The fourth-order valence-corrected chi connectivity index (χ4v) is 3.84. The van der Waals surface area contributed by atoms with E-state index in [9.17, 15) is 26.7 Å². The molecule has 1 aliphatic carbocycles. The van der Waals surface area contributed by atoms with Crippen LogP contribution >= 0.6 is 0 Å². The lowest BCUT2D eigenvalue weighted by molar-refractivity contribution is -0.139. The van der Waals surface area contributed by atoms with Crippen LogP contribution < -0.4 is 19.7 Å². The number of ether oxygens (including phenoxy) is 2. The largest absolute Gasteiger partial charge is 0.491 e. The Labute approximate surface area is 199 Å². The lowest BCUT2D eigenvalue weighted by Crippen LogP contribution is -2.36. The van der Waals surface area contributed by atoms with Crippen molar-refractivity contribution >= 4 is 11.7 Å². The third-order valence-corrected chi connectivity index (χ3v) is 6.14. The van der Waals surface area contributed by atoms with Gasteiger partial charge in [-0.2, -0.15) is 13.2 Å². The lowest BCUT2D eigenvalue weighted by Gasteiger charge is -2.19. The molecule has 1 aromatic carbocycles. The highest BCUT2D eigenvalue weighted by molar-refractivity contribution is 5.83. The molecule has 1 saturated heterocycles. The molecule has 3 atom stereocenters. The lowest BCUT2D eigenvalue weighted by atomic mass is 10.0. The quantitative estimate of drug-likeness (QED) is 0.513. The van der Waals surface area contributed by atoms with Gasteiger partial charge in [0.25, 0.3) is 5.92 Å². The van der Waals surface area contributed by atoms with E-state index in [-0.39, 0.29) is 19.1 Å². The minimum Gasteiger partial charge on any atom is -0.491 e. The van der Waals surface area contributed by atoms with Crippen molar-refractivity contribution in [2.75, 3.05) is 31.1 Å². The van der Waals surface area contributed by atoms with Gasteiger partial charge in [0.15, 0.2) is 0 Å². The molecule has 2 aliphatic rings. The second-order valence-electron chi connectivity index (χ2n) is 8.92. The molecule has 0 spiro atoms. The molecule has 6 nitrogen and oxygen atoms in total. The van der Waals surface area contributed by atoms with Crippen LogP contribution in [0.1, 0.15) is 31.2 Å². The van der Waals surface area contributed by atoms with Crippen LogP contribution in [0.3, 0.4) is 0 Å². The van der Waals surface area contributed by atoms with Gasteiger partial charge in [-0.1, -0.05) is 12.1 Å². The van der Waals surface area contributed by atoms with Crippen LogP contribution in [-0.4, -0.2) is 55.3 Å². The molecule has 1 amide bonds. The number of halogens is 5. The first-order chi connectivity index (χ1) is 16.5. The molecular weight excluding hydrogens is 473 g/mol. The predicted molar refractivity (Wildman–Crippen MR) is 118 cm³/mol. The number of carbonyl (C=O) groups is 1. The van der Waals surface area contributed by atoms with E-state index in [0.29, 0.717) is 23.6 Å². The number of rotatable bonds is 9. The number of amides is 1. The van der Waals surface area contributed by atoms with Crippen LogP contribution in [0.25, 0.3) is 0 Å². The topological polar surface area (TPSA) is 63.7 Å². The number of nitrogens with one attached hydrogen (secondary N) is 1. The zero-order valence-electron chi connectivity index (χ0n) is 19.0. The number of hydrogen-bond acceptors (Lipinski definition) is 5. The third kappa shape index (κ3) is 6.73. The standard InChI is InChI=1S/C24H26F5N3O3/c1-15(22(33)31-14-24(27,28)29)16-2-4-18(5-3-16)35-20-8-9-32(12-20)21-7-6-19(11-30-21)34-13-17-10-23(17,25)26/h2-7,11,15,17,20H,8-10,12-14H2,1H3,(H,31,33)/t15?,17?,20-/m1/s1. The van der Waals surface area contributed by atoms with Crippen LogP contribution in [0.4, 0.5) is 27.8 Å². The third-order valence-electron chi connectivity index (χ3n) is 6.14. The molecule has 1 aliphatic heterocycles. The van der Waals surface area contributed by atoms with Crippen molar-refractivity contribution in [3.63, 3.8) is 0 Å². The van der Waals surface area contributed by atoms with Gasteiger partial charge in [0.1, 0.15) is 30.0 Å². The van der Waals surface area contributed by atoms with E-state index in [1.807, 2.05) is 10.2 Å². The number of hydrogen-bond donors (Lipinski definition) is 1. The van der Waals surface area contributed by atoms with Crippen LogP contribution in [-0.2, 0) is 4.79 Å². The Morgan fingerprint density at radius 2 is 1.89 bits per heavy atom. The Kier molecular flexibility index (Phi) is 7.05. The Morgan fingerprint density at radius 1 is 1.20 bits per heavy atom. The summed E-state index contributed by atoms with van der Waals surface area (Å²) in [5.74, 6) is -2.98. The zero-order chi connectivity index (χ0) is 25.2. The van der Waals surface area contributed by atoms with Crippen molar-refractivity contribution in [2.45, 2.75) is 43.9 Å². The van der Waals surface area contributed by atoms with E-state index in [0.717, 1.165) is 18.8 Å². The number of carbonyl (C=O) groups excluding carboxylic acids is 1. The number of alkyl halides is 5. The average Bonchev–Trinajstić information content (AvgIpc) is 3.19. The highest BCUT2D eigenvalue weighted by Crippen LogP contribution is 2.48. The molecule has 4 rings (SSSR count). The molecule has 11 heteroatoms. The van der Waals surface area contributed by atoms with Gasteiger partial charge in [-0.05, 0) is 36.8 Å². The Bertz CT molecular complexity index is 1010. The van der Waals surface area contributed by atoms with E-state index in [4.69, 9.17) is 9.47 Å². The first-order valence-electron chi connectivity index (χ1n) is 11.3. The van der Waals surface area contributed by atoms with Gasteiger partial charge in [-0.3, -0.25) is 4.79 Å². The van der Waals surface area contributed by atoms with E-state index in [2.05, 4.69) is 4.98 Å². The summed E-state index contributed by atoms with van der Waals surface area (Å²) in [4.78, 5) is 18.4. The maximum Gasteiger partial charge on any atom is 0.405 e. The van der Waals surface area contributed by atoms with Gasteiger partial charge in [0.05, 0.1) is 31.2 Å². The van der Waals surface area contributed by atoms with Gasteiger partial charge in [-0.15, -0.1) is 0 Å². The molecule has 35 heavy (non-hydrogen) atoms. The van der Waals surface area contributed by atoms with Crippen LogP contribution in [0.15, 0.2) is 42.6 Å². The fourth-order valence-electron chi connectivity index (χ4n) is 3.84. The zero-order valence-corrected chi connectivity index (χ0v) is 19.0. The molecule has 1 N–H and O–H groups in total. The minimum absolute atomic E-state index is 0.0244. The molecule has 0 radical (unpaired) electrons. The molecule has 2 heterocycles. The average molecular weight is 499 g/mol. The summed E-state index contributed by atoms with van der Waals surface area (Å²) in [5, 5.41) is 1.89. The van der Waals surface area contributed by atoms with Gasteiger partial charge >= 0.3 is 6.18 Å². The summed E-state index contributed by atoms with van der Waals surface area (Å²) in [6, 6.07) is 10.2. The van der Waals surface area contributed by atoms with E-state index < -0.39 is 36.4 Å². The van der Waals surface area contributed by atoms with Crippen molar-refractivity contribution in [1.82, 2.24) is 10.3 Å². The minimum atomic E-state index is -4.45. The fraction of sp³-hybridized carbons (Fsp3) is 0.500. The molecule has 0 bridgehead atoms. The second kappa shape index (κ2) is 9.87. The summed E-state index contributed by atoms with van der Waals surface area (Å²) < 4.78 is 74.2. The normalized spacial score (nSPS) is 21.9. The first-order valence-corrected chi connectivity index (χ1v) is 11.3. The van der Waals surface area contributed by atoms with Gasteiger partial charge in [0, 0.05) is 19.4 Å². The maximum absolute atomic E-state index is 12.9. The summed E-state index contributed by atoms with van der Waals surface area (Å²) in [6.45, 7) is 1.48. The first kappa shape index (κ1) is 25.0. The molecular formula is C24H26F5N3O3. The SMILES string of the molecule is CC(C(=O)NCC(F)(F)F)c1ccc(O[C@@H]2CCN(c3ccc(OCC4CC4(F)F)cn3)C2)cc1. The summed E-state index contributed by atoms with van der Waals surface area (Å²) in [5.41, 5.74) is 0.585. The molecule has 2 fully saturated rings. The van der Waals surface area contributed by atoms with Gasteiger partial charge in [-0.25, -0.2) is 13.8 Å². The van der Waals surface area contributed by atoms with Crippen molar-refractivity contribution < 1.29 is 36.2 Å². The number of nitrogens with zero attached hydrogens (tertiary/aromatic N) is 2. The number of benzene rings is 1. The van der Waals surface area contributed by atoms with E-state index >= 15 is 0 Å². The van der Waals surface area contributed by atoms with E-state index in [1.165, 1.54) is 6.20 Å². The molecule has 190 valence electrons. The van der Waals surface area contributed by atoms with Crippen LogP contribution in [0.5, 0.6) is 11.5 Å². The van der Waals surface area contributed by atoms with Crippen LogP contribution in [0, 0.1) is 5.92 Å². The summed E-state index contributed by atoms with van der Waals surface area (Å²) in [7, 11) is 0. The monoisotopic (exact) mass is 499 g/mol. The van der Waals surface area contributed by atoms with Crippen molar-refractivity contribution in [3.8, 4) is 11.5 Å². The van der Waals surface area contributed by atoms with Crippen molar-refractivity contribution in [1.29, 1.82) is 0 Å². The van der Waals surface area contributed by atoms with Crippen molar-refractivity contribution in [2.24, 2.45) is 5.92 Å². The van der Waals surface area contributed by atoms with Crippen molar-refractivity contribution in [3.05, 3.63) is 48.2 Å². The predicted octanol–water partition coefficient (Wildman–Crippen LogP) is 4.56. The summed E-state index contributed by atoms with van der Waals surface area (Å²) in [6.07, 6.45) is -2.40.